The maximum Gasteiger partial charge on any atom is 0.294 e. The number of rotatable bonds is 3. The van der Waals surface area contributed by atoms with Crippen molar-refractivity contribution in [1.82, 2.24) is 0 Å². The molecule has 7 nitrogen and oxygen atoms in total. The molecule has 0 saturated carbocycles. The number of benzene rings is 2. The molecule has 0 unspecified atom stereocenters. The normalized spacial score (nSPS) is 18.2. The first kappa shape index (κ1) is 21.3. The van der Waals surface area contributed by atoms with Gasteiger partial charge in [0.1, 0.15) is 0 Å². The molecular weight excluding hydrogens is 418 g/mol. The van der Waals surface area contributed by atoms with E-state index in [1.165, 1.54) is 12.0 Å². The van der Waals surface area contributed by atoms with Gasteiger partial charge in [0.2, 0.25) is 5.91 Å². The van der Waals surface area contributed by atoms with E-state index in [-0.39, 0.29) is 23.6 Å². The average Bonchev–Trinajstić information content (AvgIpc) is 3.38. The first-order valence-corrected chi connectivity index (χ1v) is 11.3. The number of anilines is 3. The van der Waals surface area contributed by atoms with Crippen LogP contribution in [0.15, 0.2) is 65.3 Å². The zero-order valence-corrected chi connectivity index (χ0v) is 18.9. The Kier molecular flexibility index (Phi) is 5.64. The van der Waals surface area contributed by atoms with Gasteiger partial charge in [-0.3, -0.25) is 9.59 Å². The molecule has 0 aliphatic carbocycles. The second-order valence-corrected chi connectivity index (χ2v) is 8.48. The number of hydrogen-bond acceptors (Lipinski definition) is 5. The molecule has 33 heavy (non-hydrogen) atoms. The minimum absolute atomic E-state index is 0.0449. The first-order valence-electron chi connectivity index (χ1n) is 11.3. The van der Waals surface area contributed by atoms with Gasteiger partial charge in [-0.15, -0.1) is 0 Å². The summed E-state index contributed by atoms with van der Waals surface area (Å²) >= 11 is 0. The molecule has 3 aromatic rings. The topological polar surface area (TPSA) is 66.2 Å². The van der Waals surface area contributed by atoms with E-state index in [1.54, 1.807) is 28.9 Å². The van der Waals surface area contributed by atoms with Gasteiger partial charge in [-0.2, -0.15) is 0 Å². The molecule has 2 aromatic carbocycles. The fourth-order valence-electron chi connectivity index (χ4n) is 4.70. The third-order valence-corrected chi connectivity index (χ3v) is 6.31. The quantitative estimate of drug-likeness (QED) is 0.605. The van der Waals surface area contributed by atoms with E-state index < -0.39 is 0 Å². The number of fused-ring (bicyclic) bond motifs is 1. The van der Waals surface area contributed by atoms with Gasteiger partial charge in [-0.1, -0.05) is 18.2 Å². The molecule has 2 aliphatic rings. The number of morpholine rings is 1. The molecule has 7 heteroatoms. The van der Waals surface area contributed by atoms with Gasteiger partial charge in [0.15, 0.2) is 5.76 Å². The van der Waals surface area contributed by atoms with Gasteiger partial charge in [0, 0.05) is 32.2 Å². The summed E-state index contributed by atoms with van der Waals surface area (Å²) in [6.45, 7) is 7.18. The van der Waals surface area contributed by atoms with Crippen LogP contribution in [0, 0.1) is 0 Å². The minimum Gasteiger partial charge on any atom is -0.459 e. The number of carbonyl (C=O) groups is 2. The highest BCUT2D eigenvalue weighted by molar-refractivity contribution is 6.10. The summed E-state index contributed by atoms with van der Waals surface area (Å²) in [4.78, 5) is 31.4. The predicted octanol–water partition coefficient (Wildman–Crippen LogP) is 4.19. The summed E-state index contributed by atoms with van der Waals surface area (Å²) in [5, 5.41) is 0. The maximum atomic E-state index is 13.2. The monoisotopic (exact) mass is 445 g/mol. The van der Waals surface area contributed by atoms with Crippen molar-refractivity contribution in [2.75, 3.05) is 47.5 Å². The van der Waals surface area contributed by atoms with E-state index in [9.17, 15) is 9.59 Å². The van der Waals surface area contributed by atoms with Gasteiger partial charge >= 0.3 is 0 Å². The SMILES string of the molecule is CC(=O)N1c2ccc(-c3ccc(N4CCOCC4)cc3)cc2N(C(=O)c2ccco2)C[C@@H]1C. The van der Waals surface area contributed by atoms with Gasteiger partial charge in [0.05, 0.1) is 36.9 Å². The van der Waals surface area contributed by atoms with Crippen LogP contribution in [0.5, 0.6) is 0 Å². The Morgan fingerprint density at radius 1 is 0.939 bits per heavy atom. The van der Waals surface area contributed by atoms with Crippen molar-refractivity contribution in [2.24, 2.45) is 0 Å². The van der Waals surface area contributed by atoms with Crippen LogP contribution in [0.3, 0.4) is 0 Å². The van der Waals surface area contributed by atoms with Gasteiger partial charge < -0.3 is 23.9 Å². The first-order chi connectivity index (χ1) is 16.0. The van der Waals surface area contributed by atoms with Gasteiger partial charge in [0.25, 0.3) is 5.91 Å². The molecule has 1 aromatic heterocycles. The number of nitrogens with zero attached hydrogens (tertiary/aromatic N) is 3. The lowest BCUT2D eigenvalue weighted by atomic mass is 10.00. The fraction of sp³-hybridized carbons (Fsp3) is 0.308. The number of ether oxygens (including phenoxy) is 1. The highest BCUT2D eigenvalue weighted by Gasteiger charge is 2.35. The summed E-state index contributed by atoms with van der Waals surface area (Å²) in [7, 11) is 0. The summed E-state index contributed by atoms with van der Waals surface area (Å²) in [6, 6.07) is 17.6. The lowest BCUT2D eigenvalue weighted by molar-refractivity contribution is -0.117. The van der Waals surface area contributed by atoms with E-state index >= 15 is 0 Å². The largest absolute Gasteiger partial charge is 0.459 e. The van der Waals surface area contributed by atoms with Crippen LogP contribution in [0.1, 0.15) is 24.4 Å². The lowest BCUT2D eigenvalue weighted by Gasteiger charge is -2.40. The van der Waals surface area contributed by atoms with Crippen LogP contribution >= 0.6 is 0 Å². The van der Waals surface area contributed by atoms with E-state index in [4.69, 9.17) is 9.15 Å². The maximum absolute atomic E-state index is 13.2. The zero-order chi connectivity index (χ0) is 22.9. The fourth-order valence-corrected chi connectivity index (χ4v) is 4.70. The summed E-state index contributed by atoms with van der Waals surface area (Å²) in [5.41, 5.74) is 4.64. The van der Waals surface area contributed by atoms with Crippen LogP contribution in [0.4, 0.5) is 17.1 Å². The van der Waals surface area contributed by atoms with Crippen molar-refractivity contribution >= 4 is 28.9 Å². The van der Waals surface area contributed by atoms with E-state index in [0.717, 1.165) is 43.1 Å². The second-order valence-electron chi connectivity index (χ2n) is 8.48. The number of amides is 2. The molecular formula is C26H27N3O4. The molecule has 5 rings (SSSR count). The molecule has 0 N–H and O–H groups in total. The van der Waals surface area contributed by atoms with Gasteiger partial charge in [-0.05, 0) is 54.4 Å². The Labute approximate surface area is 193 Å². The van der Waals surface area contributed by atoms with E-state index in [1.807, 2.05) is 25.1 Å². The van der Waals surface area contributed by atoms with Crippen LogP contribution in [0.2, 0.25) is 0 Å². The third kappa shape index (κ3) is 4.00. The van der Waals surface area contributed by atoms with Crippen LogP contribution < -0.4 is 14.7 Å². The Morgan fingerprint density at radius 3 is 2.33 bits per heavy atom. The van der Waals surface area contributed by atoms with E-state index in [0.29, 0.717) is 12.2 Å². The smallest absolute Gasteiger partial charge is 0.294 e. The molecule has 0 bridgehead atoms. The molecule has 0 radical (unpaired) electrons. The standard InChI is InChI=1S/C26H27N3O4/c1-18-17-28(26(31)25-4-3-13-33-25)24-16-21(7-10-23(24)29(18)19(2)30)20-5-8-22(9-6-20)27-11-14-32-15-12-27/h3-10,13,16,18H,11-12,14-15,17H2,1-2H3/t18-/m0/s1. The Balaban J connectivity index is 1.51. The number of carbonyl (C=O) groups excluding carboxylic acids is 2. The molecule has 170 valence electrons. The minimum atomic E-state index is -0.212. The Morgan fingerprint density at radius 2 is 1.67 bits per heavy atom. The van der Waals surface area contributed by atoms with Crippen molar-refractivity contribution in [3.63, 3.8) is 0 Å². The zero-order valence-electron chi connectivity index (χ0n) is 18.9. The molecule has 2 amide bonds. The summed E-state index contributed by atoms with van der Waals surface area (Å²) in [5.74, 6) is 0.0253. The molecule has 3 heterocycles. The average molecular weight is 446 g/mol. The van der Waals surface area contributed by atoms with Crippen LogP contribution in [-0.2, 0) is 9.53 Å². The molecule has 1 fully saturated rings. The van der Waals surface area contributed by atoms with Crippen molar-refractivity contribution in [3.8, 4) is 11.1 Å². The summed E-state index contributed by atoms with van der Waals surface area (Å²) in [6.07, 6.45) is 1.50. The van der Waals surface area contributed by atoms with Crippen molar-refractivity contribution in [1.29, 1.82) is 0 Å². The van der Waals surface area contributed by atoms with Gasteiger partial charge in [-0.25, -0.2) is 0 Å². The third-order valence-electron chi connectivity index (χ3n) is 6.31. The predicted molar refractivity (Wildman–Crippen MR) is 128 cm³/mol. The van der Waals surface area contributed by atoms with Crippen molar-refractivity contribution in [3.05, 3.63) is 66.6 Å². The number of hydrogen-bond donors (Lipinski definition) is 0. The van der Waals surface area contributed by atoms with Crippen LogP contribution in [-0.4, -0.2) is 50.7 Å². The van der Waals surface area contributed by atoms with E-state index in [2.05, 4.69) is 29.2 Å². The molecule has 1 saturated heterocycles. The molecule has 2 aliphatic heterocycles. The van der Waals surface area contributed by atoms with Crippen molar-refractivity contribution < 1.29 is 18.7 Å². The van der Waals surface area contributed by atoms with Crippen molar-refractivity contribution in [2.45, 2.75) is 19.9 Å². The Hall–Kier alpha value is -3.58. The second kappa shape index (κ2) is 8.75. The Bertz CT molecular complexity index is 1150. The molecule has 0 spiro atoms. The highest BCUT2D eigenvalue weighted by atomic mass is 16.5. The highest BCUT2D eigenvalue weighted by Crippen LogP contribution is 2.39. The number of furan rings is 1. The summed E-state index contributed by atoms with van der Waals surface area (Å²) < 4.78 is 10.8. The van der Waals surface area contributed by atoms with Crippen LogP contribution in [0.25, 0.3) is 11.1 Å². The molecule has 1 atom stereocenters. The lowest BCUT2D eigenvalue weighted by Crippen LogP contribution is -2.51.